The summed E-state index contributed by atoms with van der Waals surface area (Å²) < 4.78 is 19.1. The molecule has 1 heterocycles. The maximum atomic E-state index is 10.3. The fraction of sp³-hybridized carbons (Fsp3) is 0. The van der Waals surface area contributed by atoms with Crippen LogP contribution in [0.3, 0.4) is 0 Å². The summed E-state index contributed by atoms with van der Waals surface area (Å²) in [5.74, 6) is 0. The van der Waals surface area contributed by atoms with Crippen LogP contribution in [0.4, 0.5) is 0 Å². The lowest BCUT2D eigenvalue weighted by Crippen LogP contribution is -1.87. The Morgan fingerprint density at radius 3 is 2.78 bits per heavy atom. The van der Waals surface area contributed by atoms with Crippen molar-refractivity contribution < 1.29 is 8.76 Å². The van der Waals surface area contributed by atoms with Crippen molar-refractivity contribution in [2.24, 2.45) is 0 Å². The second-order valence-electron chi connectivity index (χ2n) is 1.27. The van der Waals surface area contributed by atoms with E-state index in [1.165, 1.54) is 6.33 Å². The number of imidazole rings is 1. The van der Waals surface area contributed by atoms with Crippen LogP contribution in [0, 0.1) is 0 Å². The Balaban J connectivity index is 3.08. The minimum absolute atomic E-state index is 0.190. The lowest BCUT2D eigenvalue weighted by atomic mass is 10.9. The average Bonchev–Trinajstić information content (AvgIpc) is 2.13. The number of nitrogens with zero attached hydrogens (tertiary/aromatic N) is 1. The molecule has 1 atom stereocenters. The first kappa shape index (κ1) is 6.91. The van der Waals surface area contributed by atoms with Crippen molar-refractivity contribution in [3.05, 3.63) is 10.9 Å². The molecule has 1 aromatic heterocycles. The summed E-state index contributed by atoms with van der Waals surface area (Å²) in [6, 6.07) is 0. The molecule has 50 valence electrons. The Labute approximate surface area is 62.1 Å². The first-order valence-electron chi connectivity index (χ1n) is 2.01. The number of H-pyrrole nitrogens is 1. The van der Waals surface area contributed by atoms with Crippen LogP contribution in [0.25, 0.3) is 0 Å². The lowest BCUT2D eigenvalue weighted by Gasteiger charge is -1.85. The normalized spacial score (nSPS) is 13.6. The predicted octanol–water partition coefficient (Wildman–Crippen LogP) is 0.753. The average molecular weight is 211 g/mol. The first-order valence-corrected chi connectivity index (χ1v) is 3.91. The summed E-state index contributed by atoms with van der Waals surface area (Å²) >= 11 is 0.997. The summed E-state index contributed by atoms with van der Waals surface area (Å²) in [6.45, 7) is 0. The fourth-order valence-corrected chi connectivity index (χ4v) is 1.37. The monoisotopic (exact) mass is 210 g/mol. The van der Waals surface area contributed by atoms with Gasteiger partial charge in [-0.3, -0.25) is 0 Å². The number of rotatable bonds is 1. The first-order chi connectivity index (χ1) is 4.22. The van der Waals surface area contributed by atoms with E-state index in [-0.39, 0.29) is 5.03 Å². The SMILES string of the molecule is O=S(O)c1[nH]cnc1Br. The largest absolute Gasteiger partial charge is 0.335 e. The van der Waals surface area contributed by atoms with E-state index in [4.69, 9.17) is 4.55 Å². The molecule has 0 fully saturated rings. The minimum atomic E-state index is -1.97. The molecule has 2 N–H and O–H groups in total. The molecule has 0 amide bonds. The summed E-state index contributed by atoms with van der Waals surface area (Å²) in [5.41, 5.74) is 0. The molecule has 1 rings (SSSR count). The number of nitrogens with one attached hydrogen (secondary N) is 1. The molecule has 1 unspecified atom stereocenters. The number of aromatic amines is 1. The maximum Gasteiger partial charge on any atom is 0.206 e. The zero-order valence-electron chi connectivity index (χ0n) is 4.17. The molecule has 1 aromatic rings. The van der Waals surface area contributed by atoms with Gasteiger partial charge in [-0.1, -0.05) is 0 Å². The highest BCUT2D eigenvalue weighted by Crippen LogP contribution is 2.12. The van der Waals surface area contributed by atoms with Crippen LogP contribution in [-0.4, -0.2) is 18.7 Å². The van der Waals surface area contributed by atoms with Gasteiger partial charge in [0.1, 0.15) is 4.60 Å². The zero-order valence-corrected chi connectivity index (χ0v) is 6.57. The number of aromatic nitrogens is 2. The van der Waals surface area contributed by atoms with Crippen LogP contribution in [0.1, 0.15) is 0 Å². The van der Waals surface area contributed by atoms with Crippen LogP contribution in [-0.2, 0) is 11.1 Å². The number of hydrogen-bond donors (Lipinski definition) is 2. The standard InChI is InChI=1S/C3H3BrN2O2S/c4-2-3(9(7)8)6-1-5-2/h1H,(H,5,6)(H,7,8). The molecule has 0 saturated heterocycles. The third-order valence-electron chi connectivity index (χ3n) is 0.736. The fourth-order valence-electron chi connectivity index (χ4n) is 0.388. The number of halogens is 1. The molecule has 0 bridgehead atoms. The molecule has 0 saturated carbocycles. The van der Waals surface area contributed by atoms with E-state index < -0.39 is 11.1 Å². The highest BCUT2D eigenvalue weighted by molar-refractivity contribution is 9.10. The van der Waals surface area contributed by atoms with Crippen molar-refractivity contribution in [1.82, 2.24) is 9.97 Å². The molecule has 0 aliphatic rings. The van der Waals surface area contributed by atoms with Gasteiger partial charge in [0.25, 0.3) is 0 Å². The van der Waals surface area contributed by atoms with E-state index in [0.29, 0.717) is 4.60 Å². The maximum absolute atomic E-state index is 10.3. The molecule has 0 spiro atoms. The van der Waals surface area contributed by atoms with Crippen LogP contribution in [0.15, 0.2) is 16.0 Å². The molecule has 0 aromatic carbocycles. The molecule has 9 heavy (non-hydrogen) atoms. The van der Waals surface area contributed by atoms with Crippen LogP contribution < -0.4 is 0 Å². The molecule has 4 nitrogen and oxygen atoms in total. The van der Waals surface area contributed by atoms with Crippen molar-refractivity contribution in [2.75, 3.05) is 0 Å². The summed E-state index contributed by atoms with van der Waals surface area (Å²) in [5, 5.41) is 0.190. The van der Waals surface area contributed by atoms with Crippen molar-refractivity contribution >= 4 is 27.0 Å². The van der Waals surface area contributed by atoms with Gasteiger partial charge in [-0.25, -0.2) is 9.19 Å². The highest BCUT2D eigenvalue weighted by atomic mass is 79.9. The predicted molar refractivity (Wildman–Crippen MR) is 35.3 cm³/mol. The smallest absolute Gasteiger partial charge is 0.206 e. The van der Waals surface area contributed by atoms with Gasteiger partial charge in [0.15, 0.2) is 5.03 Å². The van der Waals surface area contributed by atoms with Gasteiger partial charge < -0.3 is 9.54 Å². The molecular weight excluding hydrogens is 208 g/mol. The van der Waals surface area contributed by atoms with Gasteiger partial charge in [0.2, 0.25) is 11.1 Å². The summed E-state index contributed by atoms with van der Waals surface area (Å²) in [4.78, 5) is 6.14. The summed E-state index contributed by atoms with van der Waals surface area (Å²) in [7, 11) is 0. The van der Waals surface area contributed by atoms with Crippen molar-refractivity contribution in [3.8, 4) is 0 Å². The quantitative estimate of drug-likeness (QED) is 0.673. The van der Waals surface area contributed by atoms with E-state index in [2.05, 4.69) is 25.9 Å². The van der Waals surface area contributed by atoms with Gasteiger partial charge in [-0.05, 0) is 15.9 Å². The molecule has 6 heteroatoms. The minimum Gasteiger partial charge on any atom is -0.335 e. The van der Waals surface area contributed by atoms with Gasteiger partial charge in [0.05, 0.1) is 6.33 Å². The highest BCUT2D eigenvalue weighted by Gasteiger charge is 2.05. The molecule has 0 radical (unpaired) electrons. The Morgan fingerprint density at radius 2 is 2.56 bits per heavy atom. The Morgan fingerprint density at radius 1 is 1.89 bits per heavy atom. The topological polar surface area (TPSA) is 66.0 Å². The Kier molecular flexibility index (Phi) is 1.99. The van der Waals surface area contributed by atoms with E-state index in [9.17, 15) is 4.21 Å². The van der Waals surface area contributed by atoms with Crippen LogP contribution in [0.2, 0.25) is 0 Å². The summed E-state index contributed by atoms with van der Waals surface area (Å²) in [6.07, 6.45) is 1.34. The van der Waals surface area contributed by atoms with E-state index >= 15 is 0 Å². The Hall–Kier alpha value is -0.200. The van der Waals surface area contributed by atoms with Crippen LogP contribution in [0.5, 0.6) is 0 Å². The third kappa shape index (κ3) is 1.38. The van der Waals surface area contributed by atoms with Gasteiger partial charge in [-0.15, -0.1) is 0 Å². The van der Waals surface area contributed by atoms with E-state index in [1.807, 2.05) is 0 Å². The second-order valence-corrected chi connectivity index (χ2v) is 2.93. The van der Waals surface area contributed by atoms with E-state index in [0.717, 1.165) is 0 Å². The Bertz CT molecular complexity index is 235. The van der Waals surface area contributed by atoms with Gasteiger partial charge >= 0.3 is 0 Å². The van der Waals surface area contributed by atoms with Crippen LogP contribution >= 0.6 is 15.9 Å². The lowest BCUT2D eigenvalue weighted by molar-refractivity contribution is 0.560. The van der Waals surface area contributed by atoms with E-state index in [1.54, 1.807) is 0 Å². The molecular formula is C3H3BrN2O2S. The van der Waals surface area contributed by atoms with Crippen molar-refractivity contribution in [2.45, 2.75) is 5.03 Å². The van der Waals surface area contributed by atoms with Gasteiger partial charge in [-0.2, -0.15) is 0 Å². The van der Waals surface area contributed by atoms with Gasteiger partial charge in [0, 0.05) is 0 Å². The molecule has 0 aliphatic carbocycles. The number of hydrogen-bond acceptors (Lipinski definition) is 2. The molecule has 0 aliphatic heterocycles. The van der Waals surface area contributed by atoms with Crippen molar-refractivity contribution in [1.29, 1.82) is 0 Å². The zero-order chi connectivity index (χ0) is 6.85. The van der Waals surface area contributed by atoms with Crippen molar-refractivity contribution in [3.63, 3.8) is 0 Å². The third-order valence-corrected chi connectivity index (χ3v) is 2.26. The second kappa shape index (κ2) is 2.59.